The van der Waals surface area contributed by atoms with Crippen LogP contribution in [0.25, 0.3) is 0 Å². The first-order valence-corrected chi connectivity index (χ1v) is 5.31. The number of nitrogens with one attached hydrogen (secondary N) is 1. The van der Waals surface area contributed by atoms with Crippen molar-refractivity contribution in [1.29, 1.82) is 0 Å². The SMILES string of the molecule is CCONC(=O)c1cc(C(C)C)ccc1O. The lowest BCUT2D eigenvalue weighted by atomic mass is 10.00. The van der Waals surface area contributed by atoms with E-state index in [9.17, 15) is 9.90 Å². The molecule has 0 fully saturated rings. The van der Waals surface area contributed by atoms with Crippen molar-refractivity contribution >= 4 is 5.91 Å². The predicted molar refractivity (Wildman–Crippen MR) is 61.3 cm³/mol. The number of carbonyl (C=O) groups is 1. The summed E-state index contributed by atoms with van der Waals surface area (Å²) in [5, 5.41) is 9.57. The van der Waals surface area contributed by atoms with E-state index >= 15 is 0 Å². The average molecular weight is 223 g/mol. The van der Waals surface area contributed by atoms with E-state index in [0.717, 1.165) is 5.56 Å². The van der Waals surface area contributed by atoms with Gasteiger partial charge in [-0.2, -0.15) is 0 Å². The Morgan fingerprint density at radius 1 is 1.50 bits per heavy atom. The summed E-state index contributed by atoms with van der Waals surface area (Å²) in [5.41, 5.74) is 3.49. The van der Waals surface area contributed by atoms with E-state index in [1.54, 1.807) is 19.1 Å². The van der Waals surface area contributed by atoms with Gasteiger partial charge < -0.3 is 5.11 Å². The van der Waals surface area contributed by atoms with Gasteiger partial charge in [-0.3, -0.25) is 9.63 Å². The van der Waals surface area contributed by atoms with Crippen molar-refractivity contribution in [2.75, 3.05) is 6.61 Å². The molecule has 1 rings (SSSR count). The van der Waals surface area contributed by atoms with Crippen LogP contribution >= 0.6 is 0 Å². The van der Waals surface area contributed by atoms with Crippen molar-refractivity contribution < 1.29 is 14.7 Å². The molecule has 1 aromatic carbocycles. The Hall–Kier alpha value is -1.55. The number of hydrogen-bond acceptors (Lipinski definition) is 3. The zero-order chi connectivity index (χ0) is 12.1. The molecular formula is C12H17NO3. The van der Waals surface area contributed by atoms with Crippen LogP contribution in [-0.4, -0.2) is 17.6 Å². The van der Waals surface area contributed by atoms with Gasteiger partial charge in [0.2, 0.25) is 0 Å². The molecule has 0 aliphatic heterocycles. The van der Waals surface area contributed by atoms with E-state index in [4.69, 9.17) is 4.84 Å². The predicted octanol–water partition coefficient (Wildman–Crippen LogP) is 2.20. The lowest BCUT2D eigenvalue weighted by molar-refractivity contribution is 0.0362. The third-order valence-electron chi connectivity index (χ3n) is 2.24. The van der Waals surface area contributed by atoms with Crippen molar-refractivity contribution in [3.05, 3.63) is 29.3 Å². The third kappa shape index (κ3) is 2.97. The Morgan fingerprint density at radius 3 is 2.75 bits per heavy atom. The zero-order valence-corrected chi connectivity index (χ0v) is 9.78. The molecule has 0 aromatic heterocycles. The van der Waals surface area contributed by atoms with E-state index in [0.29, 0.717) is 12.5 Å². The number of aromatic hydroxyl groups is 1. The van der Waals surface area contributed by atoms with E-state index in [1.807, 2.05) is 13.8 Å². The van der Waals surface area contributed by atoms with Gasteiger partial charge in [0.05, 0.1) is 12.2 Å². The maximum absolute atomic E-state index is 11.6. The Balaban J connectivity index is 2.93. The molecule has 4 nitrogen and oxygen atoms in total. The second-order valence-corrected chi connectivity index (χ2v) is 3.80. The molecule has 4 heteroatoms. The highest BCUT2D eigenvalue weighted by Crippen LogP contribution is 2.23. The molecule has 16 heavy (non-hydrogen) atoms. The maximum Gasteiger partial charge on any atom is 0.278 e. The lowest BCUT2D eigenvalue weighted by Crippen LogP contribution is -2.23. The van der Waals surface area contributed by atoms with Crippen LogP contribution in [0, 0.1) is 0 Å². The average Bonchev–Trinajstić information content (AvgIpc) is 2.26. The highest BCUT2D eigenvalue weighted by Gasteiger charge is 2.12. The maximum atomic E-state index is 11.6. The van der Waals surface area contributed by atoms with Gasteiger partial charge >= 0.3 is 0 Å². The van der Waals surface area contributed by atoms with Gasteiger partial charge in [0.1, 0.15) is 5.75 Å². The first-order chi connectivity index (χ1) is 7.56. The minimum Gasteiger partial charge on any atom is -0.507 e. The zero-order valence-electron chi connectivity index (χ0n) is 9.78. The molecule has 0 heterocycles. The van der Waals surface area contributed by atoms with Crippen molar-refractivity contribution in [2.24, 2.45) is 0 Å². The first kappa shape index (κ1) is 12.5. The van der Waals surface area contributed by atoms with Crippen LogP contribution in [0.15, 0.2) is 18.2 Å². The van der Waals surface area contributed by atoms with Crippen LogP contribution < -0.4 is 5.48 Å². The van der Waals surface area contributed by atoms with Gasteiger partial charge in [-0.15, -0.1) is 0 Å². The highest BCUT2D eigenvalue weighted by atomic mass is 16.6. The number of hydrogen-bond donors (Lipinski definition) is 2. The molecule has 0 radical (unpaired) electrons. The minimum absolute atomic E-state index is 0.0402. The summed E-state index contributed by atoms with van der Waals surface area (Å²) in [7, 11) is 0. The molecule has 1 amide bonds. The molecule has 0 unspecified atom stereocenters. The molecular weight excluding hydrogens is 206 g/mol. The van der Waals surface area contributed by atoms with Crippen LogP contribution in [0.2, 0.25) is 0 Å². The normalized spacial score (nSPS) is 10.5. The lowest BCUT2D eigenvalue weighted by Gasteiger charge is -2.10. The molecule has 0 spiro atoms. The summed E-state index contributed by atoms with van der Waals surface area (Å²) in [6.45, 7) is 6.20. The quantitative estimate of drug-likeness (QED) is 0.769. The monoisotopic (exact) mass is 223 g/mol. The second-order valence-electron chi connectivity index (χ2n) is 3.80. The molecule has 0 aliphatic carbocycles. The molecule has 0 saturated heterocycles. The van der Waals surface area contributed by atoms with Crippen molar-refractivity contribution in [1.82, 2.24) is 5.48 Å². The van der Waals surface area contributed by atoms with E-state index in [1.165, 1.54) is 6.07 Å². The van der Waals surface area contributed by atoms with Crippen LogP contribution in [0.1, 0.15) is 42.6 Å². The third-order valence-corrected chi connectivity index (χ3v) is 2.24. The molecule has 0 saturated carbocycles. The fourth-order valence-electron chi connectivity index (χ4n) is 1.29. The summed E-state index contributed by atoms with van der Waals surface area (Å²) >= 11 is 0. The second kappa shape index (κ2) is 5.51. The first-order valence-electron chi connectivity index (χ1n) is 5.31. The van der Waals surface area contributed by atoms with Gasteiger partial charge in [-0.25, -0.2) is 5.48 Å². The Bertz CT molecular complexity index is 375. The van der Waals surface area contributed by atoms with Crippen LogP contribution in [-0.2, 0) is 4.84 Å². The number of phenolic OH excluding ortho intramolecular Hbond substituents is 1. The summed E-state index contributed by atoms with van der Waals surface area (Å²) < 4.78 is 0. The largest absolute Gasteiger partial charge is 0.507 e. The summed E-state index contributed by atoms with van der Waals surface area (Å²) in [6.07, 6.45) is 0. The Labute approximate surface area is 95.2 Å². The molecule has 0 bridgehead atoms. The van der Waals surface area contributed by atoms with Crippen molar-refractivity contribution in [3.8, 4) is 5.75 Å². The number of carbonyl (C=O) groups excluding carboxylic acids is 1. The topological polar surface area (TPSA) is 58.6 Å². The smallest absolute Gasteiger partial charge is 0.278 e. The molecule has 88 valence electrons. The van der Waals surface area contributed by atoms with Gasteiger partial charge in [-0.05, 0) is 30.5 Å². The Morgan fingerprint density at radius 2 is 2.19 bits per heavy atom. The fourth-order valence-corrected chi connectivity index (χ4v) is 1.29. The molecule has 1 aromatic rings. The number of phenols is 1. The van der Waals surface area contributed by atoms with Crippen molar-refractivity contribution in [3.63, 3.8) is 0 Å². The van der Waals surface area contributed by atoms with Gasteiger partial charge in [-0.1, -0.05) is 19.9 Å². The summed E-state index contributed by atoms with van der Waals surface area (Å²) in [4.78, 5) is 16.4. The summed E-state index contributed by atoms with van der Waals surface area (Å²) in [5.74, 6) is -0.164. The number of amides is 1. The molecule has 0 atom stereocenters. The van der Waals surface area contributed by atoms with Gasteiger partial charge in [0, 0.05) is 0 Å². The van der Waals surface area contributed by atoms with Gasteiger partial charge in [0.15, 0.2) is 0 Å². The van der Waals surface area contributed by atoms with E-state index in [2.05, 4.69) is 5.48 Å². The number of rotatable bonds is 4. The Kier molecular flexibility index (Phi) is 4.31. The molecule has 0 aliphatic rings. The van der Waals surface area contributed by atoms with Crippen LogP contribution in [0.3, 0.4) is 0 Å². The van der Waals surface area contributed by atoms with Crippen molar-refractivity contribution in [2.45, 2.75) is 26.7 Å². The number of benzene rings is 1. The fraction of sp³-hybridized carbons (Fsp3) is 0.417. The number of hydroxylamine groups is 1. The summed E-state index contributed by atoms with van der Waals surface area (Å²) in [6, 6.07) is 5.00. The minimum atomic E-state index is -0.429. The molecule has 2 N–H and O–H groups in total. The van der Waals surface area contributed by atoms with Gasteiger partial charge in [0.25, 0.3) is 5.91 Å². The van der Waals surface area contributed by atoms with E-state index in [-0.39, 0.29) is 11.3 Å². The van der Waals surface area contributed by atoms with E-state index < -0.39 is 5.91 Å². The highest BCUT2D eigenvalue weighted by molar-refractivity contribution is 5.96. The van der Waals surface area contributed by atoms with Crippen LogP contribution in [0.5, 0.6) is 5.75 Å². The van der Waals surface area contributed by atoms with Crippen LogP contribution in [0.4, 0.5) is 0 Å². The standard InChI is InChI=1S/C12H17NO3/c1-4-16-13-12(15)10-7-9(8(2)3)5-6-11(10)14/h5-8,14H,4H2,1-3H3,(H,13,15).